The van der Waals surface area contributed by atoms with Crippen LogP contribution in [0.1, 0.15) is 13.8 Å². The zero-order valence-electron chi connectivity index (χ0n) is 15.4. The molecule has 0 spiro atoms. The van der Waals surface area contributed by atoms with Crippen LogP contribution in [0.25, 0.3) is 33.5 Å². The smallest absolute Gasteiger partial charge is 0.180 e. The molecule has 2 aromatic carbocycles. The van der Waals surface area contributed by atoms with E-state index in [1.165, 1.54) is 0 Å². The van der Waals surface area contributed by atoms with Crippen LogP contribution >= 0.6 is 0 Å². The number of H-pyrrole nitrogens is 1. The van der Waals surface area contributed by atoms with Gasteiger partial charge in [-0.2, -0.15) is 0 Å². The molecule has 0 bridgehead atoms. The Kier molecular flexibility index (Phi) is 4.39. The van der Waals surface area contributed by atoms with Crippen LogP contribution in [0.4, 0.5) is 0 Å². The first-order valence-electron chi connectivity index (χ1n) is 8.85. The topological polar surface area (TPSA) is 95.9 Å². The highest BCUT2D eigenvalue weighted by atomic mass is 32.2. The Morgan fingerprint density at radius 2 is 1.71 bits per heavy atom. The van der Waals surface area contributed by atoms with Crippen LogP contribution < -0.4 is 0 Å². The van der Waals surface area contributed by atoms with Gasteiger partial charge >= 0.3 is 0 Å². The van der Waals surface area contributed by atoms with E-state index >= 15 is 0 Å². The van der Waals surface area contributed by atoms with Crippen molar-refractivity contribution in [1.82, 2.24) is 15.0 Å². The number of benzene rings is 2. The van der Waals surface area contributed by atoms with Crippen LogP contribution in [0, 0.1) is 0 Å². The third-order valence-electron chi connectivity index (χ3n) is 4.67. The molecular weight excluding hydrogens is 374 g/mol. The number of fused-ring (bicyclic) bond motifs is 1. The van der Waals surface area contributed by atoms with E-state index in [9.17, 15) is 13.5 Å². The second-order valence-corrected chi connectivity index (χ2v) is 9.29. The third kappa shape index (κ3) is 3.03. The fourth-order valence-electron chi connectivity index (χ4n) is 3.02. The maximum atomic E-state index is 12.3. The van der Waals surface area contributed by atoms with Gasteiger partial charge in [0.2, 0.25) is 0 Å². The molecule has 2 aromatic heterocycles. The van der Waals surface area contributed by atoms with Crippen LogP contribution in [-0.4, -0.2) is 33.7 Å². The molecule has 0 atom stereocenters. The largest absolute Gasteiger partial charge is 0.507 e. The lowest BCUT2D eigenvalue weighted by Gasteiger charge is -2.08. The Morgan fingerprint density at radius 1 is 1.00 bits per heavy atom. The Bertz CT molecular complexity index is 1260. The standard InChI is InChI=1S/C21H19N3O3S/c1-13(2)28(26,27)15-9-7-14(8-10-15)18-12-23-21-20(24-18)17(11-22-21)16-5-3-4-6-19(16)25/h3-13,25H,1-2H3,(H,22,23). The number of nitrogens with one attached hydrogen (secondary N) is 1. The van der Waals surface area contributed by atoms with Crippen molar-refractivity contribution in [3.8, 4) is 28.1 Å². The maximum absolute atomic E-state index is 12.3. The zero-order chi connectivity index (χ0) is 19.9. The van der Waals surface area contributed by atoms with Gasteiger partial charge in [-0.3, -0.25) is 0 Å². The first-order chi connectivity index (χ1) is 13.4. The van der Waals surface area contributed by atoms with E-state index < -0.39 is 15.1 Å². The van der Waals surface area contributed by atoms with Gasteiger partial charge in [0.25, 0.3) is 0 Å². The van der Waals surface area contributed by atoms with Gasteiger partial charge in [0.15, 0.2) is 15.5 Å². The molecule has 4 aromatic rings. The van der Waals surface area contributed by atoms with Crippen LogP contribution in [0.2, 0.25) is 0 Å². The number of aromatic hydroxyl groups is 1. The minimum atomic E-state index is -3.32. The molecule has 0 aliphatic rings. The van der Waals surface area contributed by atoms with Crippen LogP contribution in [0.15, 0.2) is 65.8 Å². The van der Waals surface area contributed by atoms with Gasteiger partial charge in [0.1, 0.15) is 11.3 Å². The van der Waals surface area contributed by atoms with Gasteiger partial charge in [0.05, 0.1) is 22.0 Å². The third-order valence-corrected chi connectivity index (χ3v) is 6.84. The number of aromatic amines is 1. The summed E-state index contributed by atoms with van der Waals surface area (Å²) >= 11 is 0. The Balaban J connectivity index is 1.78. The molecule has 0 saturated heterocycles. The molecule has 0 aliphatic carbocycles. The number of hydrogen-bond acceptors (Lipinski definition) is 5. The van der Waals surface area contributed by atoms with Crippen molar-refractivity contribution < 1.29 is 13.5 Å². The molecule has 0 amide bonds. The summed E-state index contributed by atoms with van der Waals surface area (Å²) in [6.45, 7) is 3.32. The van der Waals surface area contributed by atoms with Gasteiger partial charge in [-0.1, -0.05) is 30.3 Å². The molecule has 6 nitrogen and oxygen atoms in total. The van der Waals surface area contributed by atoms with Gasteiger partial charge in [-0.25, -0.2) is 18.4 Å². The van der Waals surface area contributed by atoms with Gasteiger partial charge in [-0.15, -0.1) is 0 Å². The fourth-order valence-corrected chi connectivity index (χ4v) is 4.08. The normalized spacial score (nSPS) is 12.0. The first kappa shape index (κ1) is 18.2. The number of sulfone groups is 1. The highest BCUT2D eigenvalue weighted by Gasteiger charge is 2.19. The van der Waals surface area contributed by atoms with E-state index in [0.29, 0.717) is 22.4 Å². The average Bonchev–Trinajstić information content (AvgIpc) is 3.11. The van der Waals surface area contributed by atoms with E-state index in [4.69, 9.17) is 4.98 Å². The molecule has 2 heterocycles. The molecule has 28 heavy (non-hydrogen) atoms. The monoisotopic (exact) mass is 393 g/mol. The predicted octanol–water partition coefficient (Wildman–Crippen LogP) is 4.18. The number of rotatable bonds is 4. The Labute approximate surface area is 162 Å². The summed E-state index contributed by atoms with van der Waals surface area (Å²) in [5, 5.41) is 9.68. The molecule has 0 fully saturated rings. The van der Waals surface area contributed by atoms with Crippen molar-refractivity contribution >= 4 is 21.0 Å². The van der Waals surface area contributed by atoms with Crippen molar-refractivity contribution in [2.45, 2.75) is 24.0 Å². The average molecular weight is 393 g/mol. The lowest BCUT2D eigenvalue weighted by atomic mass is 10.1. The minimum absolute atomic E-state index is 0.166. The highest BCUT2D eigenvalue weighted by molar-refractivity contribution is 7.92. The predicted molar refractivity (Wildman–Crippen MR) is 109 cm³/mol. The van der Waals surface area contributed by atoms with E-state index in [1.54, 1.807) is 62.6 Å². The summed E-state index contributed by atoms with van der Waals surface area (Å²) in [7, 11) is -3.32. The fraction of sp³-hybridized carbons (Fsp3) is 0.143. The summed E-state index contributed by atoms with van der Waals surface area (Å²) in [5.41, 5.74) is 4.05. The lowest BCUT2D eigenvalue weighted by molar-refractivity contribution is 0.477. The summed E-state index contributed by atoms with van der Waals surface area (Å²) in [6.07, 6.45) is 3.40. The minimum Gasteiger partial charge on any atom is -0.507 e. The molecule has 0 aliphatic heterocycles. The molecule has 2 N–H and O–H groups in total. The summed E-state index contributed by atoms with van der Waals surface area (Å²) in [5.74, 6) is 0.166. The number of nitrogens with zero attached hydrogens (tertiary/aromatic N) is 2. The van der Waals surface area contributed by atoms with Crippen molar-refractivity contribution in [2.75, 3.05) is 0 Å². The van der Waals surface area contributed by atoms with Crippen LogP contribution in [0.3, 0.4) is 0 Å². The Morgan fingerprint density at radius 3 is 2.39 bits per heavy atom. The quantitative estimate of drug-likeness (QED) is 0.542. The molecule has 4 rings (SSSR count). The zero-order valence-corrected chi connectivity index (χ0v) is 16.2. The van der Waals surface area contributed by atoms with Crippen molar-refractivity contribution in [3.63, 3.8) is 0 Å². The van der Waals surface area contributed by atoms with Crippen LogP contribution in [-0.2, 0) is 9.84 Å². The number of hydrogen-bond donors (Lipinski definition) is 2. The van der Waals surface area contributed by atoms with Crippen molar-refractivity contribution in [1.29, 1.82) is 0 Å². The SMILES string of the molecule is CC(C)S(=O)(=O)c1ccc(-c2cnc3[nH]cc(-c4ccccc4O)c3n2)cc1. The number of para-hydroxylation sites is 1. The number of aromatic nitrogens is 3. The molecule has 142 valence electrons. The van der Waals surface area contributed by atoms with Crippen LogP contribution in [0.5, 0.6) is 5.75 Å². The van der Waals surface area contributed by atoms with Gasteiger partial charge in [-0.05, 0) is 32.0 Å². The lowest BCUT2D eigenvalue weighted by Crippen LogP contribution is -2.13. The van der Waals surface area contributed by atoms with Gasteiger partial charge in [0, 0.05) is 22.9 Å². The molecule has 0 unspecified atom stereocenters. The number of phenolic OH excluding ortho intramolecular Hbond substituents is 1. The molecule has 0 radical (unpaired) electrons. The van der Waals surface area contributed by atoms with E-state index in [1.807, 2.05) is 12.1 Å². The van der Waals surface area contributed by atoms with Crippen molar-refractivity contribution in [3.05, 3.63) is 60.9 Å². The second-order valence-electron chi connectivity index (χ2n) is 6.79. The molecule has 0 saturated carbocycles. The van der Waals surface area contributed by atoms with E-state index in [-0.39, 0.29) is 10.6 Å². The van der Waals surface area contributed by atoms with Crippen molar-refractivity contribution in [2.24, 2.45) is 0 Å². The molecular formula is C21H19N3O3S. The second kappa shape index (κ2) is 6.76. The number of phenols is 1. The van der Waals surface area contributed by atoms with Gasteiger partial charge < -0.3 is 10.1 Å². The van der Waals surface area contributed by atoms with E-state index in [2.05, 4.69) is 9.97 Å². The summed E-state index contributed by atoms with van der Waals surface area (Å²) < 4.78 is 24.6. The first-order valence-corrected chi connectivity index (χ1v) is 10.4. The molecule has 7 heteroatoms. The Hall–Kier alpha value is -3.19. The maximum Gasteiger partial charge on any atom is 0.180 e. The summed E-state index contributed by atoms with van der Waals surface area (Å²) in [4.78, 5) is 12.5. The van der Waals surface area contributed by atoms with E-state index in [0.717, 1.165) is 11.1 Å². The highest BCUT2D eigenvalue weighted by Crippen LogP contribution is 2.33. The summed E-state index contributed by atoms with van der Waals surface area (Å²) in [6, 6.07) is 13.7.